The minimum absolute atomic E-state index is 0.246. The first-order valence-electron chi connectivity index (χ1n) is 9.61. The number of halogens is 1. The molecular weight excluding hydrogens is 450 g/mol. The topological polar surface area (TPSA) is 69.9 Å². The van der Waals surface area contributed by atoms with Crippen LogP contribution in [-0.4, -0.2) is 19.6 Å². The highest BCUT2D eigenvalue weighted by atomic mass is 79.9. The summed E-state index contributed by atoms with van der Waals surface area (Å²) < 4.78 is 22.7. The second-order valence-corrected chi connectivity index (χ2v) is 7.42. The normalized spacial score (nSPS) is 10.6. The Balaban J connectivity index is 1.66. The van der Waals surface area contributed by atoms with E-state index < -0.39 is 0 Å². The first kappa shape index (κ1) is 21.9. The minimum atomic E-state index is -0.246. The predicted octanol–water partition coefficient (Wildman–Crippen LogP) is 5.81. The number of carbonyl (C=O) groups excluding carboxylic acids is 1. The fourth-order valence-corrected chi connectivity index (χ4v) is 3.36. The maximum atomic E-state index is 12.8. The third kappa shape index (κ3) is 5.87. The Labute approximate surface area is 184 Å². The highest BCUT2D eigenvalue weighted by Crippen LogP contribution is 2.37. The van der Waals surface area contributed by atoms with Gasteiger partial charge in [-0.2, -0.15) is 0 Å². The molecule has 7 heteroatoms. The summed E-state index contributed by atoms with van der Waals surface area (Å²) >= 11 is 3.47. The van der Waals surface area contributed by atoms with Crippen molar-refractivity contribution in [3.8, 4) is 11.5 Å². The van der Waals surface area contributed by atoms with Gasteiger partial charge in [-0.25, -0.2) is 0 Å². The zero-order chi connectivity index (χ0) is 21.3. The Morgan fingerprint density at radius 1 is 1.13 bits per heavy atom. The van der Waals surface area contributed by atoms with Gasteiger partial charge in [-0.3, -0.25) is 4.79 Å². The fourth-order valence-electron chi connectivity index (χ4n) is 2.80. The maximum Gasteiger partial charge on any atom is 0.255 e. The van der Waals surface area contributed by atoms with E-state index in [4.69, 9.17) is 18.6 Å². The minimum Gasteiger partial charge on any atom is -0.493 e. The molecule has 0 aliphatic rings. The van der Waals surface area contributed by atoms with Gasteiger partial charge in [0.2, 0.25) is 0 Å². The molecule has 0 bridgehead atoms. The quantitative estimate of drug-likeness (QED) is 0.402. The summed E-state index contributed by atoms with van der Waals surface area (Å²) in [5, 5.41) is 2.91. The fraction of sp³-hybridized carbons (Fsp3) is 0.261. The lowest BCUT2D eigenvalue weighted by Gasteiger charge is -2.14. The maximum absolute atomic E-state index is 12.8. The van der Waals surface area contributed by atoms with Crippen molar-refractivity contribution in [2.24, 2.45) is 0 Å². The predicted molar refractivity (Wildman–Crippen MR) is 118 cm³/mol. The molecule has 0 saturated carbocycles. The van der Waals surface area contributed by atoms with Crippen molar-refractivity contribution in [1.29, 1.82) is 0 Å². The molecule has 6 nitrogen and oxygen atoms in total. The van der Waals surface area contributed by atoms with Gasteiger partial charge in [0.15, 0.2) is 11.5 Å². The lowest BCUT2D eigenvalue weighted by Crippen LogP contribution is -2.13. The average Bonchev–Trinajstić information content (AvgIpc) is 3.26. The molecule has 0 saturated heterocycles. The molecule has 1 aromatic heterocycles. The number of hydrogen-bond donors (Lipinski definition) is 1. The molecular formula is C23H24BrNO5. The molecule has 0 fully saturated rings. The molecule has 0 atom stereocenters. The Morgan fingerprint density at radius 2 is 2.00 bits per heavy atom. The van der Waals surface area contributed by atoms with Crippen molar-refractivity contribution >= 4 is 27.5 Å². The number of hydrogen-bond acceptors (Lipinski definition) is 5. The zero-order valence-electron chi connectivity index (χ0n) is 16.9. The van der Waals surface area contributed by atoms with E-state index in [1.807, 2.05) is 43.3 Å². The first-order chi connectivity index (χ1) is 14.6. The van der Waals surface area contributed by atoms with Gasteiger partial charge >= 0.3 is 0 Å². The van der Waals surface area contributed by atoms with E-state index in [9.17, 15) is 4.79 Å². The standard InChI is InChI=1S/C23H24BrNO5/c1-3-9-30-22-20(24)12-17(13-21(22)27-2)23(26)25-18-7-4-6-16(11-18)14-28-15-19-8-5-10-29-19/h4-8,10-13H,3,9,14-15H2,1-2H3,(H,25,26). The van der Waals surface area contributed by atoms with Crippen LogP contribution in [0, 0.1) is 0 Å². The average molecular weight is 474 g/mol. The molecule has 0 aliphatic carbocycles. The number of carbonyl (C=O) groups is 1. The van der Waals surface area contributed by atoms with Crippen molar-refractivity contribution in [3.05, 3.63) is 76.2 Å². The van der Waals surface area contributed by atoms with E-state index in [1.54, 1.807) is 25.5 Å². The van der Waals surface area contributed by atoms with Crippen molar-refractivity contribution < 1.29 is 23.4 Å². The van der Waals surface area contributed by atoms with Crippen LogP contribution in [-0.2, 0) is 18.0 Å². The third-order valence-electron chi connectivity index (χ3n) is 4.22. The van der Waals surface area contributed by atoms with Gasteiger partial charge in [-0.05, 0) is 64.3 Å². The number of amides is 1. The monoisotopic (exact) mass is 473 g/mol. The molecule has 0 spiro atoms. The number of anilines is 1. The summed E-state index contributed by atoms with van der Waals surface area (Å²) in [5.74, 6) is 1.62. The second-order valence-electron chi connectivity index (χ2n) is 6.56. The van der Waals surface area contributed by atoms with Crippen molar-refractivity contribution in [2.45, 2.75) is 26.6 Å². The summed E-state index contributed by atoms with van der Waals surface area (Å²) in [6, 6.07) is 14.6. The summed E-state index contributed by atoms with van der Waals surface area (Å²) in [4.78, 5) is 12.8. The van der Waals surface area contributed by atoms with Crippen LogP contribution in [0.4, 0.5) is 5.69 Å². The van der Waals surface area contributed by atoms with Gasteiger partial charge in [0.1, 0.15) is 12.4 Å². The van der Waals surface area contributed by atoms with Gasteiger partial charge in [0, 0.05) is 11.3 Å². The Bertz CT molecular complexity index is 972. The van der Waals surface area contributed by atoms with E-state index in [1.165, 1.54) is 0 Å². The zero-order valence-corrected chi connectivity index (χ0v) is 18.5. The molecule has 1 heterocycles. The number of benzene rings is 2. The van der Waals surface area contributed by atoms with E-state index in [2.05, 4.69) is 21.2 Å². The van der Waals surface area contributed by atoms with Crippen molar-refractivity contribution in [2.75, 3.05) is 19.0 Å². The SMILES string of the molecule is CCCOc1c(Br)cc(C(=O)Nc2cccc(COCc3ccco3)c2)cc1OC. The van der Waals surface area contributed by atoms with E-state index in [-0.39, 0.29) is 5.91 Å². The van der Waals surface area contributed by atoms with Crippen LogP contribution in [0.5, 0.6) is 11.5 Å². The number of rotatable bonds is 10. The second kappa shape index (κ2) is 10.8. The molecule has 3 rings (SSSR count). The molecule has 158 valence electrons. The van der Waals surface area contributed by atoms with Crippen LogP contribution in [0.3, 0.4) is 0 Å². The van der Waals surface area contributed by atoms with Crippen LogP contribution in [0.25, 0.3) is 0 Å². The summed E-state index contributed by atoms with van der Waals surface area (Å²) in [6.07, 6.45) is 2.49. The van der Waals surface area contributed by atoms with Gasteiger partial charge in [0.25, 0.3) is 5.91 Å². The highest BCUT2D eigenvalue weighted by molar-refractivity contribution is 9.10. The molecule has 0 aliphatic heterocycles. The van der Waals surface area contributed by atoms with Crippen LogP contribution >= 0.6 is 15.9 Å². The number of ether oxygens (including phenoxy) is 3. The van der Waals surface area contributed by atoms with E-state index in [0.717, 1.165) is 17.7 Å². The highest BCUT2D eigenvalue weighted by Gasteiger charge is 2.16. The van der Waals surface area contributed by atoms with Crippen LogP contribution < -0.4 is 14.8 Å². The van der Waals surface area contributed by atoms with Gasteiger partial charge in [-0.15, -0.1) is 0 Å². The van der Waals surface area contributed by atoms with Gasteiger partial charge < -0.3 is 23.9 Å². The summed E-state index contributed by atoms with van der Waals surface area (Å²) in [7, 11) is 1.55. The smallest absolute Gasteiger partial charge is 0.255 e. The Hall–Kier alpha value is -2.77. The molecule has 0 radical (unpaired) electrons. The van der Waals surface area contributed by atoms with E-state index >= 15 is 0 Å². The third-order valence-corrected chi connectivity index (χ3v) is 4.81. The Morgan fingerprint density at radius 3 is 2.73 bits per heavy atom. The van der Waals surface area contributed by atoms with Crippen LogP contribution in [0.1, 0.15) is 35.0 Å². The molecule has 3 aromatic rings. The van der Waals surface area contributed by atoms with Crippen LogP contribution in [0.2, 0.25) is 0 Å². The number of nitrogens with one attached hydrogen (secondary N) is 1. The lowest BCUT2D eigenvalue weighted by atomic mass is 10.1. The number of furan rings is 1. The molecule has 1 N–H and O–H groups in total. The van der Waals surface area contributed by atoms with Crippen LogP contribution in [0.15, 0.2) is 63.7 Å². The summed E-state index contributed by atoms with van der Waals surface area (Å²) in [6.45, 7) is 3.39. The van der Waals surface area contributed by atoms with Gasteiger partial charge in [0.05, 0.1) is 31.1 Å². The molecule has 0 unspecified atom stereocenters. The van der Waals surface area contributed by atoms with Crippen molar-refractivity contribution in [3.63, 3.8) is 0 Å². The summed E-state index contributed by atoms with van der Waals surface area (Å²) in [5.41, 5.74) is 2.09. The lowest BCUT2D eigenvalue weighted by molar-refractivity contribution is 0.0929. The first-order valence-corrected chi connectivity index (χ1v) is 10.4. The molecule has 2 aromatic carbocycles. The van der Waals surface area contributed by atoms with Gasteiger partial charge in [-0.1, -0.05) is 19.1 Å². The van der Waals surface area contributed by atoms with Crippen molar-refractivity contribution in [1.82, 2.24) is 0 Å². The molecule has 30 heavy (non-hydrogen) atoms. The number of methoxy groups -OCH3 is 1. The Kier molecular flexibility index (Phi) is 7.93. The largest absolute Gasteiger partial charge is 0.493 e. The molecule has 1 amide bonds. The van der Waals surface area contributed by atoms with E-state index in [0.29, 0.717) is 47.0 Å².